The van der Waals surface area contributed by atoms with E-state index in [1.165, 1.54) is 0 Å². The molecule has 6 heteroatoms. The van der Waals surface area contributed by atoms with E-state index in [4.69, 9.17) is 0 Å². The topological polar surface area (TPSA) is 58.2 Å². The summed E-state index contributed by atoms with van der Waals surface area (Å²) in [7, 11) is 0. The lowest BCUT2D eigenvalue weighted by Gasteiger charge is -2.29. The number of benzene rings is 2. The molecule has 2 unspecified atom stereocenters. The summed E-state index contributed by atoms with van der Waals surface area (Å²) >= 11 is 6.80. The van der Waals surface area contributed by atoms with Gasteiger partial charge in [0.15, 0.2) is 0 Å². The number of hydrogen-bond acceptors (Lipinski definition) is 2. The van der Waals surface area contributed by atoms with E-state index in [0.29, 0.717) is 36.1 Å². The highest BCUT2D eigenvalue weighted by molar-refractivity contribution is 9.10. The molecule has 2 aromatic rings. The predicted octanol–water partition coefficient (Wildman–Crippen LogP) is 5.18. The minimum absolute atomic E-state index is 0.0358. The average Bonchev–Trinajstić information content (AvgIpc) is 2.70. The molecule has 1 aliphatic carbocycles. The molecule has 1 fully saturated rings. The molecule has 2 N–H and O–H groups in total. The van der Waals surface area contributed by atoms with Gasteiger partial charge in [-0.15, -0.1) is 0 Å². The van der Waals surface area contributed by atoms with Crippen LogP contribution in [0.2, 0.25) is 0 Å². The monoisotopic (exact) mass is 506 g/mol. The molecule has 3 rings (SSSR count). The first kappa shape index (κ1) is 21.1. The van der Waals surface area contributed by atoms with Gasteiger partial charge in [0, 0.05) is 33.2 Å². The van der Waals surface area contributed by atoms with Gasteiger partial charge in [0.25, 0.3) is 11.8 Å². The fraction of sp³-hybridized carbons (Fsp3) is 0.364. The van der Waals surface area contributed by atoms with E-state index in [-0.39, 0.29) is 11.8 Å². The molecule has 0 heterocycles. The van der Waals surface area contributed by atoms with Crippen LogP contribution in [0, 0.1) is 11.8 Å². The van der Waals surface area contributed by atoms with E-state index in [1.807, 2.05) is 48.5 Å². The Balaban J connectivity index is 1.45. The molecule has 28 heavy (non-hydrogen) atoms. The number of hydrogen-bond donors (Lipinski definition) is 2. The van der Waals surface area contributed by atoms with E-state index in [1.54, 1.807) is 0 Å². The molecule has 2 atom stereocenters. The number of carbonyl (C=O) groups is 2. The van der Waals surface area contributed by atoms with Gasteiger partial charge in [0.05, 0.1) is 0 Å². The Labute approximate surface area is 182 Å². The Morgan fingerprint density at radius 1 is 0.821 bits per heavy atom. The van der Waals surface area contributed by atoms with Crippen molar-refractivity contribution in [3.63, 3.8) is 0 Å². The van der Waals surface area contributed by atoms with Crippen LogP contribution >= 0.6 is 31.9 Å². The van der Waals surface area contributed by atoms with Crippen LogP contribution in [0.3, 0.4) is 0 Å². The summed E-state index contributed by atoms with van der Waals surface area (Å²) in [6.07, 6.45) is 4.40. The summed E-state index contributed by atoms with van der Waals surface area (Å²) in [5.74, 6) is 0.841. The third-order valence-electron chi connectivity index (χ3n) is 5.17. The number of nitrogens with one attached hydrogen (secondary N) is 2. The van der Waals surface area contributed by atoms with Crippen LogP contribution in [0.5, 0.6) is 0 Å². The lowest BCUT2D eigenvalue weighted by molar-refractivity contribution is 0.0935. The number of carbonyl (C=O) groups excluding carboxylic acids is 2. The number of halogens is 2. The molecule has 0 aromatic heterocycles. The van der Waals surface area contributed by atoms with Crippen molar-refractivity contribution < 1.29 is 9.59 Å². The van der Waals surface area contributed by atoms with E-state index in [2.05, 4.69) is 42.5 Å². The summed E-state index contributed by atoms with van der Waals surface area (Å²) in [4.78, 5) is 24.7. The first-order valence-electron chi connectivity index (χ1n) is 9.59. The molecule has 2 aromatic carbocycles. The molecule has 4 nitrogen and oxygen atoms in total. The highest BCUT2D eigenvalue weighted by Gasteiger charge is 2.23. The van der Waals surface area contributed by atoms with E-state index < -0.39 is 0 Å². The molecule has 0 radical (unpaired) electrons. The zero-order chi connectivity index (χ0) is 19.9. The molecule has 0 aliphatic heterocycles. The molecular formula is C22H24Br2N2O2. The van der Waals surface area contributed by atoms with Crippen molar-refractivity contribution >= 4 is 43.7 Å². The summed E-state index contributed by atoms with van der Waals surface area (Å²) < 4.78 is 1.80. The minimum Gasteiger partial charge on any atom is -0.352 e. The standard InChI is InChI=1S/C22H24Br2N2O2/c23-19-8-2-6-17(11-19)21(27)25-13-15-4-1-5-16(10-15)14-26-22(28)18-7-3-9-20(24)12-18/h2-3,6-9,11-12,15-16H,1,4-5,10,13-14H2,(H,25,27)(H,26,28). The van der Waals surface area contributed by atoms with Crippen LogP contribution in [0.4, 0.5) is 0 Å². The van der Waals surface area contributed by atoms with Crippen molar-refractivity contribution in [3.8, 4) is 0 Å². The molecule has 1 aliphatic rings. The van der Waals surface area contributed by atoms with Crippen molar-refractivity contribution in [2.45, 2.75) is 25.7 Å². The molecule has 2 amide bonds. The summed E-state index contributed by atoms with van der Waals surface area (Å²) in [6.45, 7) is 1.36. The Hall–Kier alpha value is -1.66. The van der Waals surface area contributed by atoms with Crippen LogP contribution in [0.15, 0.2) is 57.5 Å². The fourth-order valence-corrected chi connectivity index (χ4v) is 4.51. The third-order valence-corrected chi connectivity index (χ3v) is 6.15. The highest BCUT2D eigenvalue weighted by atomic mass is 79.9. The van der Waals surface area contributed by atoms with Crippen molar-refractivity contribution in [2.75, 3.05) is 13.1 Å². The van der Waals surface area contributed by atoms with Crippen molar-refractivity contribution in [1.29, 1.82) is 0 Å². The minimum atomic E-state index is -0.0358. The number of amides is 2. The lowest BCUT2D eigenvalue weighted by atomic mass is 9.81. The van der Waals surface area contributed by atoms with Gasteiger partial charge in [-0.1, -0.05) is 50.4 Å². The van der Waals surface area contributed by atoms with Crippen LogP contribution in [-0.4, -0.2) is 24.9 Å². The third kappa shape index (κ3) is 6.17. The van der Waals surface area contributed by atoms with E-state index >= 15 is 0 Å². The molecule has 148 valence electrons. The van der Waals surface area contributed by atoms with Gasteiger partial charge >= 0.3 is 0 Å². The second-order valence-corrected chi connectivity index (χ2v) is 9.17. The molecule has 0 saturated heterocycles. The Bertz CT molecular complexity index is 773. The fourth-order valence-electron chi connectivity index (χ4n) is 3.71. The quantitative estimate of drug-likeness (QED) is 0.566. The first-order chi connectivity index (χ1) is 13.5. The highest BCUT2D eigenvalue weighted by Crippen LogP contribution is 2.28. The first-order valence-corrected chi connectivity index (χ1v) is 11.2. The smallest absolute Gasteiger partial charge is 0.251 e. The van der Waals surface area contributed by atoms with E-state index in [0.717, 1.165) is 34.6 Å². The van der Waals surface area contributed by atoms with Gasteiger partial charge < -0.3 is 10.6 Å². The Kier molecular flexibility index (Phi) is 7.68. The SMILES string of the molecule is O=C(NCC1CCCC(CNC(=O)c2cccc(Br)c2)C1)c1cccc(Br)c1. The predicted molar refractivity (Wildman–Crippen MR) is 118 cm³/mol. The zero-order valence-electron chi connectivity index (χ0n) is 15.6. The summed E-state index contributed by atoms with van der Waals surface area (Å²) in [5.41, 5.74) is 1.34. The lowest BCUT2D eigenvalue weighted by Crippen LogP contribution is -2.35. The Morgan fingerprint density at radius 3 is 1.71 bits per heavy atom. The molecule has 1 saturated carbocycles. The zero-order valence-corrected chi connectivity index (χ0v) is 18.8. The summed E-state index contributed by atoms with van der Waals surface area (Å²) in [6, 6.07) is 14.8. The van der Waals surface area contributed by atoms with Gasteiger partial charge in [0.1, 0.15) is 0 Å². The second kappa shape index (κ2) is 10.2. The molecule has 0 bridgehead atoms. The largest absolute Gasteiger partial charge is 0.352 e. The van der Waals surface area contributed by atoms with Gasteiger partial charge in [-0.2, -0.15) is 0 Å². The van der Waals surface area contributed by atoms with Crippen LogP contribution in [0.25, 0.3) is 0 Å². The number of rotatable bonds is 6. The Morgan fingerprint density at radius 2 is 1.29 bits per heavy atom. The van der Waals surface area contributed by atoms with Gasteiger partial charge in [-0.3, -0.25) is 9.59 Å². The van der Waals surface area contributed by atoms with E-state index in [9.17, 15) is 9.59 Å². The maximum Gasteiger partial charge on any atom is 0.251 e. The normalized spacial score (nSPS) is 19.1. The second-order valence-electron chi connectivity index (χ2n) is 7.34. The van der Waals surface area contributed by atoms with Crippen LogP contribution in [0.1, 0.15) is 46.4 Å². The molecular weight excluding hydrogens is 484 g/mol. The van der Waals surface area contributed by atoms with Gasteiger partial charge in [-0.25, -0.2) is 0 Å². The average molecular weight is 508 g/mol. The van der Waals surface area contributed by atoms with Crippen molar-refractivity contribution in [2.24, 2.45) is 11.8 Å². The maximum absolute atomic E-state index is 12.3. The van der Waals surface area contributed by atoms with Crippen molar-refractivity contribution in [3.05, 3.63) is 68.6 Å². The maximum atomic E-state index is 12.3. The van der Waals surface area contributed by atoms with Gasteiger partial charge in [-0.05, 0) is 67.5 Å². The summed E-state index contributed by atoms with van der Waals surface area (Å²) in [5, 5.41) is 6.12. The van der Waals surface area contributed by atoms with Gasteiger partial charge in [0.2, 0.25) is 0 Å². The van der Waals surface area contributed by atoms with Crippen LogP contribution < -0.4 is 10.6 Å². The van der Waals surface area contributed by atoms with Crippen LogP contribution in [-0.2, 0) is 0 Å². The van der Waals surface area contributed by atoms with Crippen molar-refractivity contribution in [1.82, 2.24) is 10.6 Å². The molecule has 0 spiro atoms.